The summed E-state index contributed by atoms with van der Waals surface area (Å²) >= 11 is 0. The minimum absolute atomic E-state index is 0.716. The van der Waals surface area contributed by atoms with E-state index < -0.39 is 10.8 Å². The maximum Gasteiger partial charge on any atom is 0.0646 e. The maximum atomic E-state index is 11.0. The van der Waals surface area contributed by atoms with Crippen molar-refractivity contribution in [2.75, 3.05) is 11.7 Å². The van der Waals surface area contributed by atoms with E-state index in [0.717, 1.165) is 4.90 Å². The Labute approximate surface area is 68.0 Å². The molecule has 0 aliphatic heterocycles. The predicted molar refractivity (Wildman–Crippen MR) is 46.6 cm³/mol. The molecular formula is C7H10N2OS. The van der Waals surface area contributed by atoms with E-state index in [1.54, 1.807) is 18.4 Å². The molecule has 1 atom stereocenters. The molecule has 1 aromatic carbocycles. The van der Waals surface area contributed by atoms with E-state index in [1.807, 2.05) is 12.1 Å². The molecule has 11 heavy (non-hydrogen) atoms. The molecule has 0 aliphatic carbocycles. The van der Waals surface area contributed by atoms with Crippen LogP contribution in [-0.4, -0.2) is 10.5 Å². The predicted octanol–water partition coefficient (Wildman–Crippen LogP) is 0.710. The lowest BCUT2D eigenvalue weighted by atomic mass is 10.3. The normalized spacial score (nSPS) is 12.5. The van der Waals surface area contributed by atoms with Crippen molar-refractivity contribution in [2.45, 2.75) is 4.90 Å². The zero-order valence-corrected chi connectivity index (χ0v) is 7.02. The van der Waals surface area contributed by atoms with Gasteiger partial charge in [-0.25, -0.2) is 0 Å². The highest BCUT2D eigenvalue weighted by atomic mass is 32.2. The summed E-state index contributed by atoms with van der Waals surface area (Å²) in [7, 11) is -0.983. The Morgan fingerprint density at radius 1 is 1.45 bits per heavy atom. The Balaban J connectivity index is 3.12. The molecule has 0 bridgehead atoms. The summed E-state index contributed by atoms with van der Waals surface area (Å²) < 4.78 is 11.0. The fourth-order valence-corrected chi connectivity index (χ4v) is 1.54. The molecule has 1 rings (SSSR count). The van der Waals surface area contributed by atoms with Crippen LogP contribution in [0, 0.1) is 0 Å². The van der Waals surface area contributed by atoms with Crippen LogP contribution in [0.3, 0.4) is 0 Å². The highest BCUT2D eigenvalue weighted by molar-refractivity contribution is 7.84. The van der Waals surface area contributed by atoms with Crippen molar-refractivity contribution in [3.8, 4) is 0 Å². The van der Waals surface area contributed by atoms with Gasteiger partial charge < -0.3 is 5.43 Å². The third-order valence-corrected chi connectivity index (χ3v) is 2.33. The highest BCUT2D eigenvalue weighted by Gasteiger charge is 2.01. The van der Waals surface area contributed by atoms with Crippen LogP contribution in [-0.2, 0) is 10.8 Å². The number of benzene rings is 1. The van der Waals surface area contributed by atoms with Crippen LogP contribution in [0.4, 0.5) is 5.69 Å². The van der Waals surface area contributed by atoms with Crippen LogP contribution in [0.15, 0.2) is 29.2 Å². The van der Waals surface area contributed by atoms with Gasteiger partial charge in [0.15, 0.2) is 0 Å². The molecule has 1 aromatic rings. The Morgan fingerprint density at radius 2 is 2.09 bits per heavy atom. The monoisotopic (exact) mass is 170 g/mol. The third-order valence-electron chi connectivity index (χ3n) is 1.35. The van der Waals surface area contributed by atoms with Gasteiger partial charge >= 0.3 is 0 Å². The Hall–Kier alpha value is -0.870. The second-order valence-electron chi connectivity index (χ2n) is 2.09. The number of hydrogen-bond donors (Lipinski definition) is 2. The number of nitrogens with one attached hydrogen (secondary N) is 1. The van der Waals surface area contributed by atoms with E-state index in [0.29, 0.717) is 5.69 Å². The molecule has 0 radical (unpaired) electrons. The van der Waals surface area contributed by atoms with Crippen molar-refractivity contribution in [1.29, 1.82) is 0 Å². The number of nitrogen functional groups attached to an aromatic ring is 1. The summed E-state index contributed by atoms with van der Waals surface area (Å²) in [5.41, 5.74) is 3.20. The first-order chi connectivity index (χ1) is 5.25. The summed E-state index contributed by atoms with van der Waals surface area (Å²) in [6.45, 7) is 0. The summed E-state index contributed by atoms with van der Waals surface area (Å²) in [5, 5.41) is 0. The number of hydrogen-bond acceptors (Lipinski definition) is 3. The first-order valence-electron chi connectivity index (χ1n) is 3.15. The molecule has 60 valence electrons. The van der Waals surface area contributed by atoms with Gasteiger partial charge in [-0.3, -0.25) is 10.1 Å². The molecule has 0 aromatic heterocycles. The van der Waals surface area contributed by atoms with Crippen LogP contribution in [0.1, 0.15) is 0 Å². The zero-order valence-electron chi connectivity index (χ0n) is 6.20. The lowest BCUT2D eigenvalue weighted by molar-refractivity contribution is 0.687. The smallest absolute Gasteiger partial charge is 0.0646 e. The fourth-order valence-electron chi connectivity index (χ4n) is 0.837. The number of nitrogens with two attached hydrogens (primary N) is 1. The largest absolute Gasteiger partial charge is 0.323 e. The molecule has 0 aliphatic rings. The van der Waals surface area contributed by atoms with Crippen molar-refractivity contribution in [2.24, 2.45) is 5.84 Å². The minimum Gasteiger partial charge on any atom is -0.323 e. The Kier molecular flexibility index (Phi) is 2.62. The van der Waals surface area contributed by atoms with Crippen LogP contribution in [0.25, 0.3) is 0 Å². The zero-order chi connectivity index (χ0) is 8.27. The van der Waals surface area contributed by atoms with Gasteiger partial charge in [-0.2, -0.15) is 0 Å². The van der Waals surface area contributed by atoms with Crippen molar-refractivity contribution in [3.63, 3.8) is 0 Å². The molecule has 3 nitrogen and oxygen atoms in total. The van der Waals surface area contributed by atoms with Crippen LogP contribution in [0.5, 0.6) is 0 Å². The number of para-hydroxylation sites is 1. The maximum absolute atomic E-state index is 11.0. The molecule has 0 spiro atoms. The van der Waals surface area contributed by atoms with Gasteiger partial charge in [0.25, 0.3) is 0 Å². The number of hydrazine groups is 1. The first-order valence-corrected chi connectivity index (χ1v) is 4.70. The summed E-state index contributed by atoms with van der Waals surface area (Å²) in [4.78, 5) is 0.731. The Bertz CT molecular complexity index is 275. The van der Waals surface area contributed by atoms with Crippen LogP contribution < -0.4 is 11.3 Å². The fraction of sp³-hybridized carbons (Fsp3) is 0.143. The van der Waals surface area contributed by atoms with E-state index in [4.69, 9.17) is 5.84 Å². The van der Waals surface area contributed by atoms with Gasteiger partial charge in [0, 0.05) is 6.26 Å². The summed E-state index contributed by atoms with van der Waals surface area (Å²) in [6, 6.07) is 7.24. The third kappa shape index (κ3) is 1.78. The second kappa shape index (κ2) is 3.50. The van der Waals surface area contributed by atoms with E-state index in [1.165, 1.54) is 0 Å². The lowest BCUT2D eigenvalue weighted by Gasteiger charge is -2.03. The quantitative estimate of drug-likeness (QED) is 0.507. The molecule has 0 saturated carbocycles. The molecular weight excluding hydrogens is 160 g/mol. The molecule has 4 heteroatoms. The average molecular weight is 170 g/mol. The molecule has 0 heterocycles. The molecule has 1 unspecified atom stereocenters. The van der Waals surface area contributed by atoms with Gasteiger partial charge in [-0.1, -0.05) is 12.1 Å². The van der Waals surface area contributed by atoms with Crippen molar-refractivity contribution >= 4 is 16.5 Å². The van der Waals surface area contributed by atoms with Gasteiger partial charge in [-0.15, -0.1) is 0 Å². The minimum atomic E-state index is -0.983. The van der Waals surface area contributed by atoms with E-state index >= 15 is 0 Å². The van der Waals surface area contributed by atoms with E-state index in [2.05, 4.69) is 5.43 Å². The van der Waals surface area contributed by atoms with Gasteiger partial charge in [0.2, 0.25) is 0 Å². The van der Waals surface area contributed by atoms with Crippen molar-refractivity contribution in [3.05, 3.63) is 24.3 Å². The van der Waals surface area contributed by atoms with Gasteiger partial charge in [0.1, 0.15) is 0 Å². The summed E-state index contributed by atoms with van der Waals surface area (Å²) in [5.74, 6) is 5.20. The molecule has 3 N–H and O–H groups in total. The lowest BCUT2D eigenvalue weighted by Crippen LogP contribution is -2.09. The van der Waals surface area contributed by atoms with Crippen LogP contribution >= 0.6 is 0 Å². The van der Waals surface area contributed by atoms with Gasteiger partial charge in [0.05, 0.1) is 21.4 Å². The van der Waals surface area contributed by atoms with Crippen LogP contribution in [0.2, 0.25) is 0 Å². The Morgan fingerprint density at radius 3 is 2.55 bits per heavy atom. The van der Waals surface area contributed by atoms with Crippen molar-refractivity contribution in [1.82, 2.24) is 0 Å². The molecule has 0 amide bonds. The summed E-state index contributed by atoms with van der Waals surface area (Å²) in [6.07, 6.45) is 1.62. The molecule has 0 saturated heterocycles. The highest BCUT2D eigenvalue weighted by Crippen LogP contribution is 2.16. The first kappa shape index (κ1) is 8.23. The topological polar surface area (TPSA) is 55.1 Å². The number of anilines is 1. The molecule has 0 fully saturated rings. The van der Waals surface area contributed by atoms with E-state index in [-0.39, 0.29) is 0 Å². The van der Waals surface area contributed by atoms with E-state index in [9.17, 15) is 4.21 Å². The SMILES string of the molecule is CS(=O)c1ccccc1NN. The van der Waals surface area contributed by atoms with Gasteiger partial charge in [-0.05, 0) is 12.1 Å². The van der Waals surface area contributed by atoms with Crippen molar-refractivity contribution < 1.29 is 4.21 Å². The standard InChI is InChI=1S/C7H10N2OS/c1-11(10)7-5-3-2-4-6(7)9-8/h2-5,9H,8H2,1H3. The average Bonchev–Trinajstić information content (AvgIpc) is 2.04. The number of rotatable bonds is 2. The second-order valence-corrected chi connectivity index (χ2v) is 3.44.